The Morgan fingerprint density at radius 1 is 1.19 bits per heavy atom. The van der Waals surface area contributed by atoms with Crippen LogP contribution in [0.25, 0.3) is 22.5 Å². The number of carbonyl (C=O) groups is 1. The first-order valence-corrected chi connectivity index (χ1v) is 9.14. The van der Waals surface area contributed by atoms with Gasteiger partial charge in [0.1, 0.15) is 0 Å². The molecule has 3 rings (SSSR count). The van der Waals surface area contributed by atoms with Crippen molar-refractivity contribution in [2.45, 2.75) is 13.0 Å². The van der Waals surface area contributed by atoms with E-state index in [-0.39, 0.29) is 11.9 Å². The molecule has 0 fully saturated rings. The molecule has 0 aliphatic heterocycles. The monoisotopic (exact) mass is 403 g/mol. The lowest BCUT2D eigenvalue weighted by molar-refractivity contribution is 0.0905. The first-order chi connectivity index (χ1) is 13.0. The van der Waals surface area contributed by atoms with Gasteiger partial charge in [-0.2, -0.15) is 5.10 Å². The van der Waals surface area contributed by atoms with Gasteiger partial charge >= 0.3 is 0 Å². The number of hydrogen-bond acceptors (Lipinski definition) is 3. The highest BCUT2D eigenvalue weighted by molar-refractivity contribution is 6.36. The van der Waals surface area contributed by atoms with E-state index in [1.807, 2.05) is 31.2 Å². The summed E-state index contributed by atoms with van der Waals surface area (Å²) in [6.07, 6.45) is 0. The minimum absolute atomic E-state index is 0.0554. The van der Waals surface area contributed by atoms with E-state index < -0.39 is 0 Å². The Hall–Kier alpha value is -2.34. The normalized spacial score (nSPS) is 12.0. The molecule has 2 aromatic carbocycles. The van der Waals surface area contributed by atoms with Crippen molar-refractivity contribution in [1.29, 1.82) is 0 Å². The quantitative estimate of drug-likeness (QED) is 0.619. The number of H-pyrrole nitrogens is 1. The van der Waals surface area contributed by atoms with Crippen molar-refractivity contribution in [3.05, 3.63) is 64.1 Å². The number of ether oxygens (including phenoxy) is 1. The van der Waals surface area contributed by atoms with Crippen molar-refractivity contribution in [3.8, 4) is 22.5 Å². The minimum Gasteiger partial charge on any atom is -0.383 e. The maximum atomic E-state index is 12.2. The van der Waals surface area contributed by atoms with E-state index in [2.05, 4.69) is 15.5 Å². The van der Waals surface area contributed by atoms with Gasteiger partial charge in [-0.25, -0.2) is 0 Å². The molecule has 0 radical (unpaired) electrons. The highest BCUT2D eigenvalue weighted by Crippen LogP contribution is 2.31. The average molecular weight is 404 g/mol. The zero-order valence-electron chi connectivity index (χ0n) is 14.9. The Balaban J connectivity index is 1.76. The van der Waals surface area contributed by atoms with E-state index in [9.17, 15) is 4.79 Å². The SMILES string of the molecule is COCC(C)NC(=O)c1ccc(-c2cc(-c3ccc(Cl)cc3Cl)[nH]n2)cc1. The van der Waals surface area contributed by atoms with Crippen LogP contribution in [0.2, 0.25) is 10.0 Å². The highest BCUT2D eigenvalue weighted by atomic mass is 35.5. The van der Waals surface area contributed by atoms with Crippen LogP contribution in [-0.2, 0) is 4.74 Å². The van der Waals surface area contributed by atoms with Crippen LogP contribution in [0.3, 0.4) is 0 Å². The van der Waals surface area contributed by atoms with Crippen LogP contribution in [-0.4, -0.2) is 35.9 Å². The lowest BCUT2D eigenvalue weighted by Crippen LogP contribution is -2.35. The van der Waals surface area contributed by atoms with Crippen LogP contribution in [0.5, 0.6) is 0 Å². The summed E-state index contributed by atoms with van der Waals surface area (Å²) in [5.74, 6) is -0.137. The first kappa shape index (κ1) is 19.4. The fourth-order valence-corrected chi connectivity index (χ4v) is 3.22. The second-order valence-corrected chi connectivity index (χ2v) is 7.04. The number of hydrogen-bond donors (Lipinski definition) is 2. The van der Waals surface area contributed by atoms with E-state index in [0.717, 1.165) is 22.5 Å². The van der Waals surface area contributed by atoms with E-state index in [1.54, 1.807) is 31.4 Å². The number of amides is 1. The van der Waals surface area contributed by atoms with E-state index in [1.165, 1.54) is 0 Å². The number of nitrogens with zero attached hydrogens (tertiary/aromatic N) is 1. The smallest absolute Gasteiger partial charge is 0.251 e. The first-order valence-electron chi connectivity index (χ1n) is 8.39. The molecule has 7 heteroatoms. The maximum absolute atomic E-state index is 12.2. The molecular formula is C20H19Cl2N3O2. The summed E-state index contributed by atoms with van der Waals surface area (Å²) in [4.78, 5) is 12.2. The number of nitrogens with one attached hydrogen (secondary N) is 2. The standard InChI is InChI=1S/C20H19Cl2N3O2/c1-12(11-27-2)23-20(26)14-5-3-13(4-6-14)18-10-19(25-24-18)16-8-7-15(21)9-17(16)22/h3-10,12H,11H2,1-2H3,(H,23,26)(H,24,25). The Morgan fingerprint density at radius 3 is 2.59 bits per heavy atom. The molecule has 0 aliphatic rings. The second-order valence-electron chi connectivity index (χ2n) is 6.20. The minimum atomic E-state index is -0.137. The molecule has 0 aliphatic carbocycles. The van der Waals surface area contributed by atoms with Gasteiger partial charge in [0.25, 0.3) is 5.91 Å². The zero-order chi connectivity index (χ0) is 19.4. The number of rotatable bonds is 6. The Labute approximate surface area is 167 Å². The summed E-state index contributed by atoms with van der Waals surface area (Å²) in [6, 6.07) is 14.4. The van der Waals surface area contributed by atoms with Crippen molar-refractivity contribution in [2.24, 2.45) is 0 Å². The third-order valence-electron chi connectivity index (χ3n) is 4.04. The molecule has 0 bridgehead atoms. The predicted molar refractivity (Wildman–Crippen MR) is 108 cm³/mol. The molecule has 1 atom stereocenters. The van der Waals surface area contributed by atoms with Gasteiger partial charge in [0.2, 0.25) is 0 Å². The average Bonchev–Trinajstić information content (AvgIpc) is 3.11. The molecular weight excluding hydrogens is 385 g/mol. The molecule has 0 saturated carbocycles. The Kier molecular flexibility index (Phi) is 6.16. The largest absolute Gasteiger partial charge is 0.383 e. The van der Waals surface area contributed by atoms with Crippen LogP contribution >= 0.6 is 23.2 Å². The molecule has 0 spiro atoms. The lowest BCUT2D eigenvalue weighted by Gasteiger charge is -2.12. The zero-order valence-corrected chi connectivity index (χ0v) is 16.4. The molecule has 3 aromatic rings. The van der Waals surface area contributed by atoms with Crippen molar-refractivity contribution in [2.75, 3.05) is 13.7 Å². The topological polar surface area (TPSA) is 67.0 Å². The van der Waals surface area contributed by atoms with Crippen LogP contribution in [0.15, 0.2) is 48.5 Å². The Bertz CT molecular complexity index is 939. The number of benzene rings is 2. The number of carbonyl (C=O) groups excluding carboxylic acids is 1. The van der Waals surface area contributed by atoms with Gasteiger partial charge in [-0.15, -0.1) is 0 Å². The van der Waals surface area contributed by atoms with E-state index >= 15 is 0 Å². The number of aromatic nitrogens is 2. The fraction of sp³-hybridized carbons (Fsp3) is 0.200. The molecule has 1 unspecified atom stereocenters. The van der Waals surface area contributed by atoms with Gasteiger partial charge in [-0.3, -0.25) is 9.89 Å². The van der Waals surface area contributed by atoms with Gasteiger partial charge < -0.3 is 10.1 Å². The molecule has 1 amide bonds. The second kappa shape index (κ2) is 8.57. The van der Waals surface area contributed by atoms with E-state index in [0.29, 0.717) is 22.2 Å². The number of aromatic amines is 1. The molecule has 1 heterocycles. The summed E-state index contributed by atoms with van der Waals surface area (Å²) >= 11 is 12.2. The van der Waals surface area contributed by atoms with Crippen molar-refractivity contribution >= 4 is 29.1 Å². The maximum Gasteiger partial charge on any atom is 0.251 e. The summed E-state index contributed by atoms with van der Waals surface area (Å²) in [6.45, 7) is 2.36. The lowest BCUT2D eigenvalue weighted by atomic mass is 10.1. The summed E-state index contributed by atoms with van der Waals surface area (Å²) in [5, 5.41) is 11.3. The number of methoxy groups -OCH3 is 1. The third-order valence-corrected chi connectivity index (χ3v) is 4.58. The van der Waals surface area contributed by atoms with Gasteiger partial charge in [0, 0.05) is 34.9 Å². The van der Waals surface area contributed by atoms with E-state index in [4.69, 9.17) is 27.9 Å². The van der Waals surface area contributed by atoms with Crippen molar-refractivity contribution < 1.29 is 9.53 Å². The van der Waals surface area contributed by atoms with Crippen LogP contribution in [0, 0.1) is 0 Å². The van der Waals surface area contributed by atoms with Gasteiger partial charge in [0.05, 0.1) is 23.0 Å². The van der Waals surface area contributed by atoms with Crippen molar-refractivity contribution in [1.82, 2.24) is 15.5 Å². The molecule has 1 aromatic heterocycles. The summed E-state index contributed by atoms with van der Waals surface area (Å²) in [5.41, 5.74) is 3.85. The van der Waals surface area contributed by atoms with Gasteiger partial charge in [-0.1, -0.05) is 35.3 Å². The molecule has 140 valence electrons. The number of halogens is 2. The summed E-state index contributed by atoms with van der Waals surface area (Å²) in [7, 11) is 1.60. The third kappa shape index (κ3) is 4.69. The Morgan fingerprint density at radius 2 is 1.93 bits per heavy atom. The highest BCUT2D eigenvalue weighted by Gasteiger charge is 2.12. The molecule has 0 saturated heterocycles. The molecule has 5 nitrogen and oxygen atoms in total. The van der Waals surface area contributed by atoms with Crippen LogP contribution in [0.4, 0.5) is 0 Å². The molecule has 27 heavy (non-hydrogen) atoms. The summed E-state index contributed by atoms with van der Waals surface area (Å²) < 4.78 is 5.03. The van der Waals surface area contributed by atoms with Crippen molar-refractivity contribution in [3.63, 3.8) is 0 Å². The van der Waals surface area contributed by atoms with Crippen LogP contribution < -0.4 is 5.32 Å². The molecule has 2 N–H and O–H groups in total. The predicted octanol–water partition coefficient (Wildman–Crippen LogP) is 4.82. The van der Waals surface area contributed by atoms with Crippen LogP contribution in [0.1, 0.15) is 17.3 Å². The fourth-order valence-electron chi connectivity index (χ4n) is 2.71. The van der Waals surface area contributed by atoms with Gasteiger partial charge in [0.15, 0.2) is 0 Å². The van der Waals surface area contributed by atoms with Gasteiger partial charge in [-0.05, 0) is 43.3 Å².